The SMILES string of the molecule is CCCCC(CCC)Cc1ccc(C)cc1. The van der Waals surface area contributed by atoms with Gasteiger partial charge in [0, 0.05) is 0 Å². The molecule has 0 aliphatic carbocycles. The van der Waals surface area contributed by atoms with E-state index in [1.165, 1.54) is 49.7 Å². The van der Waals surface area contributed by atoms with Crippen LogP contribution in [0.5, 0.6) is 0 Å². The highest BCUT2D eigenvalue weighted by Crippen LogP contribution is 2.20. The first-order chi connectivity index (χ1) is 7.76. The van der Waals surface area contributed by atoms with Crippen LogP contribution in [0.25, 0.3) is 0 Å². The molecule has 0 spiro atoms. The minimum atomic E-state index is 0.896. The Bertz CT molecular complexity index is 271. The number of unbranched alkanes of at least 4 members (excludes halogenated alkanes) is 1. The first kappa shape index (κ1) is 13.3. The van der Waals surface area contributed by atoms with Crippen LogP contribution in [0.1, 0.15) is 57.1 Å². The van der Waals surface area contributed by atoms with Crippen molar-refractivity contribution in [3.63, 3.8) is 0 Å². The third-order valence-corrected chi connectivity index (χ3v) is 3.31. The first-order valence-corrected chi connectivity index (χ1v) is 6.81. The fraction of sp³-hybridized carbons (Fsp3) is 0.625. The molecule has 16 heavy (non-hydrogen) atoms. The minimum absolute atomic E-state index is 0.896. The molecule has 0 nitrogen and oxygen atoms in total. The smallest absolute Gasteiger partial charge is 0.0250 e. The minimum Gasteiger partial charge on any atom is -0.0654 e. The van der Waals surface area contributed by atoms with Crippen molar-refractivity contribution in [1.29, 1.82) is 0 Å². The molecule has 1 aromatic rings. The van der Waals surface area contributed by atoms with Gasteiger partial charge in [0.15, 0.2) is 0 Å². The summed E-state index contributed by atoms with van der Waals surface area (Å²) in [7, 11) is 0. The van der Waals surface area contributed by atoms with Gasteiger partial charge in [-0.15, -0.1) is 0 Å². The lowest BCUT2D eigenvalue weighted by Crippen LogP contribution is -2.04. The van der Waals surface area contributed by atoms with E-state index >= 15 is 0 Å². The lowest BCUT2D eigenvalue weighted by Gasteiger charge is -2.15. The van der Waals surface area contributed by atoms with Crippen LogP contribution in [0.3, 0.4) is 0 Å². The van der Waals surface area contributed by atoms with E-state index in [2.05, 4.69) is 45.0 Å². The summed E-state index contributed by atoms with van der Waals surface area (Å²) in [4.78, 5) is 0. The maximum absolute atomic E-state index is 2.30. The number of rotatable bonds is 7. The van der Waals surface area contributed by atoms with Crippen LogP contribution in [0, 0.1) is 12.8 Å². The van der Waals surface area contributed by atoms with Gasteiger partial charge in [0.05, 0.1) is 0 Å². The highest BCUT2D eigenvalue weighted by Gasteiger charge is 2.08. The van der Waals surface area contributed by atoms with E-state index in [9.17, 15) is 0 Å². The maximum Gasteiger partial charge on any atom is -0.0250 e. The molecular formula is C16H26. The molecular weight excluding hydrogens is 192 g/mol. The van der Waals surface area contributed by atoms with E-state index in [1.54, 1.807) is 0 Å². The molecule has 1 atom stereocenters. The van der Waals surface area contributed by atoms with Gasteiger partial charge in [-0.1, -0.05) is 75.8 Å². The molecule has 0 aliphatic rings. The van der Waals surface area contributed by atoms with Crippen molar-refractivity contribution in [2.75, 3.05) is 0 Å². The van der Waals surface area contributed by atoms with Gasteiger partial charge in [-0.2, -0.15) is 0 Å². The Morgan fingerprint density at radius 1 is 0.938 bits per heavy atom. The largest absolute Gasteiger partial charge is 0.0654 e. The zero-order valence-corrected chi connectivity index (χ0v) is 11.1. The highest BCUT2D eigenvalue weighted by atomic mass is 14.1. The molecule has 90 valence electrons. The average molecular weight is 218 g/mol. The Morgan fingerprint density at radius 2 is 1.62 bits per heavy atom. The van der Waals surface area contributed by atoms with E-state index in [0.717, 1.165) is 5.92 Å². The van der Waals surface area contributed by atoms with Crippen LogP contribution in [-0.4, -0.2) is 0 Å². The van der Waals surface area contributed by atoms with Crippen LogP contribution in [0.4, 0.5) is 0 Å². The second kappa shape index (κ2) is 7.49. The monoisotopic (exact) mass is 218 g/mol. The molecule has 1 aromatic carbocycles. The summed E-state index contributed by atoms with van der Waals surface area (Å²) < 4.78 is 0. The number of aryl methyl sites for hydroxylation is 1. The summed E-state index contributed by atoms with van der Waals surface area (Å²) in [5.74, 6) is 0.896. The standard InChI is InChI=1S/C16H26/c1-4-6-8-15(7-5-2)13-16-11-9-14(3)10-12-16/h9-12,15H,4-8,13H2,1-3H3. The Hall–Kier alpha value is -0.780. The van der Waals surface area contributed by atoms with Crippen molar-refractivity contribution >= 4 is 0 Å². The summed E-state index contributed by atoms with van der Waals surface area (Å²) in [6, 6.07) is 9.06. The predicted molar refractivity (Wildman–Crippen MR) is 72.8 cm³/mol. The van der Waals surface area contributed by atoms with Crippen molar-refractivity contribution in [2.24, 2.45) is 5.92 Å². The number of benzene rings is 1. The first-order valence-electron chi connectivity index (χ1n) is 6.81. The third kappa shape index (κ3) is 4.83. The fourth-order valence-corrected chi connectivity index (χ4v) is 2.31. The van der Waals surface area contributed by atoms with Gasteiger partial charge in [-0.25, -0.2) is 0 Å². The van der Waals surface area contributed by atoms with Gasteiger partial charge in [0.25, 0.3) is 0 Å². The van der Waals surface area contributed by atoms with Crippen molar-refractivity contribution in [3.05, 3.63) is 35.4 Å². The summed E-state index contributed by atoms with van der Waals surface area (Å²) in [6.45, 7) is 6.74. The zero-order chi connectivity index (χ0) is 11.8. The molecule has 0 aromatic heterocycles. The molecule has 0 saturated heterocycles. The van der Waals surface area contributed by atoms with Crippen molar-refractivity contribution in [2.45, 2.75) is 59.3 Å². The fourth-order valence-electron chi connectivity index (χ4n) is 2.31. The Labute approximate surface area is 101 Å². The molecule has 0 fully saturated rings. The zero-order valence-electron chi connectivity index (χ0n) is 11.1. The van der Waals surface area contributed by atoms with Gasteiger partial charge < -0.3 is 0 Å². The Balaban J connectivity index is 2.49. The molecule has 0 saturated carbocycles. The number of hydrogen-bond acceptors (Lipinski definition) is 0. The summed E-state index contributed by atoms with van der Waals surface area (Å²) in [5, 5.41) is 0. The molecule has 0 heterocycles. The quantitative estimate of drug-likeness (QED) is 0.594. The van der Waals surface area contributed by atoms with E-state index < -0.39 is 0 Å². The molecule has 0 heteroatoms. The van der Waals surface area contributed by atoms with Gasteiger partial charge in [0.1, 0.15) is 0 Å². The van der Waals surface area contributed by atoms with E-state index in [1.807, 2.05) is 0 Å². The molecule has 1 rings (SSSR count). The van der Waals surface area contributed by atoms with E-state index in [4.69, 9.17) is 0 Å². The Morgan fingerprint density at radius 3 is 2.19 bits per heavy atom. The molecule has 0 aliphatic heterocycles. The van der Waals surface area contributed by atoms with E-state index in [0.29, 0.717) is 0 Å². The summed E-state index contributed by atoms with van der Waals surface area (Å²) in [5.41, 5.74) is 2.88. The van der Waals surface area contributed by atoms with Crippen LogP contribution in [0.2, 0.25) is 0 Å². The molecule has 0 bridgehead atoms. The topological polar surface area (TPSA) is 0 Å². The van der Waals surface area contributed by atoms with Crippen LogP contribution >= 0.6 is 0 Å². The van der Waals surface area contributed by atoms with Crippen molar-refractivity contribution in [3.8, 4) is 0 Å². The van der Waals surface area contributed by atoms with Gasteiger partial charge >= 0.3 is 0 Å². The van der Waals surface area contributed by atoms with Gasteiger partial charge in [-0.3, -0.25) is 0 Å². The second-order valence-corrected chi connectivity index (χ2v) is 4.99. The summed E-state index contributed by atoms with van der Waals surface area (Å²) in [6.07, 6.45) is 8.09. The molecule has 0 N–H and O–H groups in total. The van der Waals surface area contributed by atoms with Gasteiger partial charge in [0.2, 0.25) is 0 Å². The van der Waals surface area contributed by atoms with Gasteiger partial charge in [-0.05, 0) is 24.8 Å². The van der Waals surface area contributed by atoms with Crippen molar-refractivity contribution < 1.29 is 0 Å². The molecule has 0 amide bonds. The lowest BCUT2D eigenvalue weighted by atomic mass is 9.90. The predicted octanol–water partition coefficient (Wildman–Crippen LogP) is 5.14. The second-order valence-electron chi connectivity index (χ2n) is 4.99. The van der Waals surface area contributed by atoms with E-state index in [-0.39, 0.29) is 0 Å². The Kier molecular flexibility index (Phi) is 6.22. The van der Waals surface area contributed by atoms with Crippen LogP contribution in [0.15, 0.2) is 24.3 Å². The maximum atomic E-state index is 2.30. The highest BCUT2D eigenvalue weighted by molar-refractivity contribution is 5.21. The lowest BCUT2D eigenvalue weighted by molar-refractivity contribution is 0.427. The molecule has 0 radical (unpaired) electrons. The number of hydrogen-bond donors (Lipinski definition) is 0. The van der Waals surface area contributed by atoms with Crippen LogP contribution < -0.4 is 0 Å². The van der Waals surface area contributed by atoms with Crippen LogP contribution in [-0.2, 0) is 6.42 Å². The van der Waals surface area contributed by atoms with Crippen molar-refractivity contribution in [1.82, 2.24) is 0 Å². The molecule has 1 unspecified atom stereocenters. The normalized spacial score (nSPS) is 12.7. The third-order valence-electron chi connectivity index (χ3n) is 3.31. The average Bonchev–Trinajstić information content (AvgIpc) is 2.29. The summed E-state index contributed by atoms with van der Waals surface area (Å²) >= 11 is 0.